The third kappa shape index (κ3) is 5.28. The van der Waals surface area contributed by atoms with Gasteiger partial charge in [-0.3, -0.25) is 19.3 Å². The molecule has 2 aromatic carbocycles. The van der Waals surface area contributed by atoms with Gasteiger partial charge in [0.05, 0.1) is 4.91 Å². The number of rotatable bonds is 7. The number of amides is 3. The highest BCUT2D eigenvalue weighted by atomic mass is 35.5. The van der Waals surface area contributed by atoms with E-state index in [2.05, 4.69) is 11.9 Å². The van der Waals surface area contributed by atoms with Crippen molar-refractivity contribution in [2.24, 2.45) is 0 Å². The highest BCUT2D eigenvalue weighted by Crippen LogP contribution is 2.33. The van der Waals surface area contributed by atoms with E-state index in [1.54, 1.807) is 54.6 Å². The molecule has 0 atom stereocenters. The van der Waals surface area contributed by atoms with Gasteiger partial charge in [-0.25, -0.2) is 0 Å². The zero-order chi connectivity index (χ0) is 20.8. The number of hydrogen-bond acceptors (Lipinski definition) is 5. The zero-order valence-corrected chi connectivity index (χ0v) is 16.8. The number of anilines is 1. The number of hydrogen-bond donors (Lipinski definition) is 1. The summed E-state index contributed by atoms with van der Waals surface area (Å²) in [5.74, 6) is -0.435. The van der Waals surface area contributed by atoms with Crippen LogP contribution in [0.2, 0.25) is 5.02 Å². The van der Waals surface area contributed by atoms with Crippen molar-refractivity contribution in [3.63, 3.8) is 0 Å². The van der Waals surface area contributed by atoms with E-state index in [1.165, 1.54) is 0 Å². The van der Waals surface area contributed by atoms with Crippen molar-refractivity contribution < 1.29 is 19.1 Å². The third-order valence-electron chi connectivity index (χ3n) is 3.87. The maximum absolute atomic E-state index is 12.6. The Morgan fingerprint density at radius 3 is 2.62 bits per heavy atom. The number of nitrogens with zero attached hydrogens (tertiary/aromatic N) is 1. The lowest BCUT2D eigenvalue weighted by Gasteiger charge is -2.12. The van der Waals surface area contributed by atoms with Crippen LogP contribution in [0.5, 0.6) is 5.75 Å². The van der Waals surface area contributed by atoms with Crippen LogP contribution in [-0.2, 0) is 9.59 Å². The fourth-order valence-corrected chi connectivity index (χ4v) is 3.49. The SMILES string of the molecule is C=CCOc1ccccc1/C=C1\SC(=O)N(CC(=O)Nc2ccc(Cl)cc2)C1=O. The van der Waals surface area contributed by atoms with Crippen LogP contribution >= 0.6 is 23.4 Å². The number of carbonyl (C=O) groups is 3. The molecular weight excluding hydrogens is 412 g/mol. The molecular formula is C21H17ClN2O4S. The second-order valence-electron chi connectivity index (χ2n) is 5.96. The molecule has 1 fully saturated rings. The van der Waals surface area contributed by atoms with Crippen molar-refractivity contribution in [1.82, 2.24) is 4.90 Å². The number of thioether (sulfide) groups is 1. The fourth-order valence-electron chi connectivity index (χ4n) is 2.53. The molecule has 1 aliphatic rings. The van der Waals surface area contributed by atoms with Crippen LogP contribution in [0.15, 0.2) is 66.1 Å². The van der Waals surface area contributed by atoms with Gasteiger partial charge in [-0.2, -0.15) is 0 Å². The Labute approximate surface area is 177 Å². The van der Waals surface area contributed by atoms with Gasteiger partial charge in [0.2, 0.25) is 5.91 Å². The summed E-state index contributed by atoms with van der Waals surface area (Å²) in [4.78, 5) is 38.3. The first-order chi connectivity index (χ1) is 14.0. The first kappa shape index (κ1) is 20.7. The predicted molar refractivity (Wildman–Crippen MR) is 115 cm³/mol. The Bertz CT molecular complexity index is 988. The van der Waals surface area contributed by atoms with E-state index in [0.29, 0.717) is 28.6 Å². The standard InChI is InChI=1S/C21H17ClN2O4S/c1-2-11-28-17-6-4-3-5-14(17)12-18-20(26)24(21(27)29-18)13-19(25)23-16-9-7-15(22)8-10-16/h2-10,12H,1,11,13H2,(H,23,25)/b18-12-. The highest BCUT2D eigenvalue weighted by Gasteiger charge is 2.36. The van der Waals surface area contributed by atoms with E-state index in [1.807, 2.05) is 6.07 Å². The van der Waals surface area contributed by atoms with Crippen molar-refractivity contribution in [2.45, 2.75) is 0 Å². The van der Waals surface area contributed by atoms with Crippen molar-refractivity contribution >= 4 is 52.2 Å². The molecule has 0 radical (unpaired) electrons. The van der Waals surface area contributed by atoms with Gasteiger partial charge < -0.3 is 10.1 Å². The quantitative estimate of drug-likeness (QED) is 0.516. The third-order valence-corrected chi connectivity index (χ3v) is 5.02. The second-order valence-corrected chi connectivity index (χ2v) is 7.39. The fraction of sp³-hybridized carbons (Fsp3) is 0.0952. The Morgan fingerprint density at radius 1 is 1.17 bits per heavy atom. The monoisotopic (exact) mass is 428 g/mol. The first-order valence-corrected chi connectivity index (χ1v) is 9.81. The van der Waals surface area contributed by atoms with Crippen LogP contribution in [0.1, 0.15) is 5.56 Å². The number of nitrogens with one attached hydrogen (secondary N) is 1. The number of imide groups is 1. The Balaban J connectivity index is 1.71. The van der Waals surface area contributed by atoms with Crippen molar-refractivity contribution in [3.8, 4) is 5.75 Å². The molecule has 0 aliphatic carbocycles. The molecule has 148 valence electrons. The Kier molecular flexibility index (Phi) is 6.74. The first-order valence-electron chi connectivity index (χ1n) is 8.61. The molecule has 0 unspecified atom stereocenters. The lowest BCUT2D eigenvalue weighted by molar-refractivity contribution is -0.127. The van der Waals surface area contributed by atoms with Gasteiger partial charge in [-0.1, -0.05) is 42.5 Å². The number of ether oxygens (including phenoxy) is 1. The number of halogens is 1. The molecule has 0 saturated carbocycles. The molecule has 0 spiro atoms. The molecule has 0 bridgehead atoms. The molecule has 8 heteroatoms. The second kappa shape index (κ2) is 9.45. The van der Waals surface area contributed by atoms with E-state index >= 15 is 0 Å². The maximum Gasteiger partial charge on any atom is 0.294 e. The van der Waals surface area contributed by atoms with Gasteiger partial charge in [-0.05, 0) is 48.2 Å². The molecule has 0 aromatic heterocycles. The summed E-state index contributed by atoms with van der Waals surface area (Å²) in [5, 5.41) is 2.67. The van der Waals surface area contributed by atoms with Crippen molar-refractivity contribution in [3.05, 3.63) is 76.7 Å². The predicted octanol–water partition coefficient (Wildman–Crippen LogP) is 4.58. The molecule has 1 N–H and O–H groups in total. The van der Waals surface area contributed by atoms with E-state index in [-0.39, 0.29) is 11.4 Å². The van der Waals surface area contributed by atoms with Gasteiger partial charge in [0.15, 0.2) is 0 Å². The summed E-state index contributed by atoms with van der Waals surface area (Å²) < 4.78 is 5.57. The average molecular weight is 429 g/mol. The van der Waals surface area contributed by atoms with Crippen LogP contribution in [0.3, 0.4) is 0 Å². The summed E-state index contributed by atoms with van der Waals surface area (Å²) in [6.45, 7) is 3.55. The topological polar surface area (TPSA) is 75.7 Å². The summed E-state index contributed by atoms with van der Waals surface area (Å²) >= 11 is 6.60. The highest BCUT2D eigenvalue weighted by molar-refractivity contribution is 8.18. The number of para-hydroxylation sites is 1. The summed E-state index contributed by atoms with van der Waals surface area (Å²) in [6, 6.07) is 13.7. The minimum atomic E-state index is -0.523. The molecule has 2 aromatic rings. The van der Waals surface area contributed by atoms with Gasteiger partial charge in [0, 0.05) is 16.3 Å². The van der Waals surface area contributed by atoms with Crippen LogP contribution in [-0.4, -0.2) is 35.1 Å². The zero-order valence-electron chi connectivity index (χ0n) is 15.3. The number of benzene rings is 2. The van der Waals surface area contributed by atoms with E-state index < -0.39 is 17.1 Å². The molecule has 6 nitrogen and oxygen atoms in total. The van der Waals surface area contributed by atoms with Gasteiger partial charge >= 0.3 is 0 Å². The largest absolute Gasteiger partial charge is 0.489 e. The van der Waals surface area contributed by atoms with Crippen LogP contribution in [0.25, 0.3) is 6.08 Å². The summed E-state index contributed by atoms with van der Waals surface area (Å²) in [6.07, 6.45) is 3.20. The van der Waals surface area contributed by atoms with Crippen molar-refractivity contribution in [1.29, 1.82) is 0 Å². The maximum atomic E-state index is 12.6. The van der Waals surface area contributed by atoms with Crippen LogP contribution < -0.4 is 10.1 Å². The minimum absolute atomic E-state index is 0.226. The van der Waals surface area contributed by atoms with Gasteiger partial charge in [-0.15, -0.1) is 0 Å². The van der Waals surface area contributed by atoms with E-state index in [9.17, 15) is 14.4 Å². The van der Waals surface area contributed by atoms with E-state index in [0.717, 1.165) is 16.7 Å². The molecule has 3 amide bonds. The van der Waals surface area contributed by atoms with Gasteiger partial charge in [0.25, 0.3) is 11.1 Å². The van der Waals surface area contributed by atoms with Crippen molar-refractivity contribution in [2.75, 3.05) is 18.5 Å². The number of carbonyl (C=O) groups excluding carboxylic acids is 3. The van der Waals surface area contributed by atoms with Crippen LogP contribution in [0.4, 0.5) is 10.5 Å². The molecule has 1 saturated heterocycles. The van der Waals surface area contributed by atoms with Crippen LogP contribution in [0, 0.1) is 0 Å². The minimum Gasteiger partial charge on any atom is -0.489 e. The summed E-state index contributed by atoms with van der Waals surface area (Å²) in [7, 11) is 0. The van der Waals surface area contributed by atoms with E-state index in [4.69, 9.17) is 16.3 Å². The van der Waals surface area contributed by atoms with Gasteiger partial charge in [0.1, 0.15) is 18.9 Å². The normalized spacial score (nSPS) is 14.9. The molecule has 1 aliphatic heterocycles. The lowest BCUT2D eigenvalue weighted by Crippen LogP contribution is -2.36. The lowest BCUT2D eigenvalue weighted by atomic mass is 10.2. The molecule has 3 rings (SSSR count). The molecule has 29 heavy (non-hydrogen) atoms. The average Bonchev–Trinajstić information content (AvgIpc) is 2.96. The summed E-state index contributed by atoms with van der Waals surface area (Å²) in [5.41, 5.74) is 1.18. The smallest absolute Gasteiger partial charge is 0.294 e. The Hall–Kier alpha value is -3.03. The molecule has 1 heterocycles. The Morgan fingerprint density at radius 2 is 1.90 bits per heavy atom.